The minimum absolute atomic E-state index is 0.354. The predicted octanol–water partition coefficient (Wildman–Crippen LogP) is 5.56. The van der Waals surface area contributed by atoms with Crippen molar-refractivity contribution in [2.45, 2.75) is 26.1 Å². The standard InChI is InChI=1S/C28H25NO5/c1-3-17-8-11-22-18(14-17)9-12-23(29-22)21-10-13-24-26(27(21)32-2)28(34-16-25(30)31)20-7-5-4-6-19(20)15-33-24/h4-14,28H,3,15-16H2,1-2H3,(H,30,31). The van der Waals surface area contributed by atoms with Crippen LogP contribution >= 0.6 is 0 Å². The highest BCUT2D eigenvalue weighted by molar-refractivity contribution is 5.84. The second-order valence-electron chi connectivity index (χ2n) is 8.21. The minimum Gasteiger partial charge on any atom is -0.495 e. The van der Waals surface area contributed by atoms with Gasteiger partial charge in [-0.2, -0.15) is 0 Å². The van der Waals surface area contributed by atoms with Crippen molar-refractivity contribution in [1.29, 1.82) is 0 Å². The molecule has 0 spiro atoms. The molecule has 0 saturated heterocycles. The Hall–Kier alpha value is -3.90. The zero-order valence-electron chi connectivity index (χ0n) is 19.1. The highest BCUT2D eigenvalue weighted by Gasteiger charge is 2.31. The van der Waals surface area contributed by atoms with Crippen LogP contribution in [-0.2, 0) is 22.6 Å². The third-order valence-corrected chi connectivity index (χ3v) is 6.15. The van der Waals surface area contributed by atoms with Crippen LogP contribution in [0.3, 0.4) is 0 Å². The molecule has 172 valence electrons. The number of methoxy groups -OCH3 is 1. The molecule has 1 unspecified atom stereocenters. The van der Waals surface area contributed by atoms with E-state index in [2.05, 4.69) is 25.1 Å². The van der Waals surface area contributed by atoms with Crippen LogP contribution in [0.2, 0.25) is 0 Å². The Balaban J connectivity index is 1.68. The summed E-state index contributed by atoms with van der Waals surface area (Å²) in [5.74, 6) is 0.115. The van der Waals surface area contributed by atoms with Crippen LogP contribution in [0.25, 0.3) is 22.2 Å². The smallest absolute Gasteiger partial charge is 0.329 e. The average molecular weight is 456 g/mol. The van der Waals surface area contributed by atoms with Crippen LogP contribution in [0, 0.1) is 0 Å². The number of benzene rings is 3. The molecule has 0 fully saturated rings. The first kappa shape index (κ1) is 21.9. The van der Waals surface area contributed by atoms with E-state index in [1.807, 2.05) is 48.5 Å². The van der Waals surface area contributed by atoms with E-state index in [1.54, 1.807) is 7.11 Å². The van der Waals surface area contributed by atoms with Gasteiger partial charge in [-0.05, 0) is 53.4 Å². The summed E-state index contributed by atoms with van der Waals surface area (Å²) >= 11 is 0. The molecule has 0 amide bonds. The predicted molar refractivity (Wildman–Crippen MR) is 129 cm³/mol. The number of rotatable bonds is 6. The number of hydrogen-bond acceptors (Lipinski definition) is 5. The normalized spacial score (nSPS) is 14.6. The van der Waals surface area contributed by atoms with Gasteiger partial charge in [-0.25, -0.2) is 9.78 Å². The molecule has 6 nitrogen and oxygen atoms in total. The average Bonchev–Trinajstić information content (AvgIpc) is 3.03. The molecular weight excluding hydrogens is 430 g/mol. The Labute approximate surface area is 197 Å². The molecule has 4 aromatic rings. The second-order valence-corrected chi connectivity index (χ2v) is 8.21. The van der Waals surface area contributed by atoms with E-state index < -0.39 is 18.7 Å². The molecular formula is C28H25NO5. The highest BCUT2D eigenvalue weighted by atomic mass is 16.5. The number of nitrogens with zero attached hydrogens (tertiary/aromatic N) is 1. The van der Waals surface area contributed by atoms with E-state index in [4.69, 9.17) is 19.2 Å². The molecule has 0 saturated carbocycles. The summed E-state index contributed by atoms with van der Waals surface area (Å²) in [5, 5.41) is 10.4. The minimum atomic E-state index is -1.04. The molecule has 1 atom stereocenters. The van der Waals surface area contributed by atoms with E-state index in [0.29, 0.717) is 23.7 Å². The third-order valence-electron chi connectivity index (χ3n) is 6.15. The van der Waals surface area contributed by atoms with Gasteiger partial charge in [0.15, 0.2) is 0 Å². The van der Waals surface area contributed by atoms with E-state index in [-0.39, 0.29) is 0 Å². The van der Waals surface area contributed by atoms with E-state index in [0.717, 1.165) is 39.7 Å². The second kappa shape index (κ2) is 9.15. The van der Waals surface area contributed by atoms with Crippen molar-refractivity contribution in [2.24, 2.45) is 0 Å². The first-order chi connectivity index (χ1) is 16.6. The van der Waals surface area contributed by atoms with Gasteiger partial charge < -0.3 is 19.3 Å². The first-order valence-corrected chi connectivity index (χ1v) is 11.2. The highest BCUT2D eigenvalue weighted by Crippen LogP contribution is 2.47. The zero-order chi connectivity index (χ0) is 23.7. The summed E-state index contributed by atoms with van der Waals surface area (Å²) in [6, 6.07) is 21.9. The van der Waals surface area contributed by atoms with Crippen LogP contribution in [0.5, 0.6) is 11.5 Å². The summed E-state index contributed by atoms with van der Waals surface area (Å²) in [6.45, 7) is 2.04. The van der Waals surface area contributed by atoms with Crippen molar-refractivity contribution in [3.63, 3.8) is 0 Å². The maximum Gasteiger partial charge on any atom is 0.329 e. The molecule has 1 N–H and O–H groups in total. The fourth-order valence-electron chi connectivity index (χ4n) is 4.48. The fourth-order valence-corrected chi connectivity index (χ4v) is 4.48. The van der Waals surface area contributed by atoms with E-state index in [9.17, 15) is 9.90 Å². The maximum absolute atomic E-state index is 11.4. The lowest BCUT2D eigenvalue weighted by molar-refractivity contribution is -0.143. The van der Waals surface area contributed by atoms with Gasteiger partial charge >= 0.3 is 5.97 Å². The van der Waals surface area contributed by atoms with Crippen molar-refractivity contribution in [3.05, 3.63) is 89.0 Å². The Kier molecular flexibility index (Phi) is 5.90. The van der Waals surface area contributed by atoms with Crippen LogP contribution in [0.15, 0.2) is 66.7 Å². The van der Waals surface area contributed by atoms with Crippen LogP contribution in [-0.4, -0.2) is 29.8 Å². The summed E-state index contributed by atoms with van der Waals surface area (Å²) in [5.41, 5.74) is 6.16. The number of carbonyl (C=O) groups is 1. The van der Waals surface area contributed by atoms with Gasteiger partial charge in [0, 0.05) is 10.9 Å². The Bertz CT molecular complexity index is 1380. The fraction of sp³-hybridized carbons (Fsp3) is 0.214. The molecule has 1 aliphatic heterocycles. The molecule has 5 rings (SSSR count). The van der Waals surface area contributed by atoms with Crippen molar-refractivity contribution < 1.29 is 24.1 Å². The largest absolute Gasteiger partial charge is 0.495 e. The molecule has 0 bridgehead atoms. The number of carboxylic acid groups (broad SMARTS) is 1. The topological polar surface area (TPSA) is 77.9 Å². The summed E-state index contributed by atoms with van der Waals surface area (Å²) in [7, 11) is 1.60. The molecule has 1 aliphatic rings. The van der Waals surface area contributed by atoms with Crippen LogP contribution in [0.4, 0.5) is 0 Å². The molecule has 0 radical (unpaired) electrons. The lowest BCUT2D eigenvalue weighted by Gasteiger charge is -2.23. The molecule has 3 aromatic carbocycles. The number of fused-ring (bicyclic) bond motifs is 3. The SMILES string of the molecule is CCc1ccc2nc(-c3ccc4c(c3OC)C(OCC(=O)O)c3ccccc3CO4)ccc2c1. The molecule has 0 aliphatic carbocycles. The van der Waals surface area contributed by atoms with Gasteiger partial charge in [0.05, 0.1) is 23.9 Å². The number of aromatic nitrogens is 1. The van der Waals surface area contributed by atoms with Gasteiger partial charge in [-0.3, -0.25) is 0 Å². The number of aryl methyl sites for hydroxylation is 1. The third kappa shape index (κ3) is 3.97. The van der Waals surface area contributed by atoms with Gasteiger partial charge in [0.2, 0.25) is 0 Å². The van der Waals surface area contributed by atoms with Crippen LogP contribution in [0.1, 0.15) is 35.3 Å². The molecule has 2 heterocycles. The molecule has 34 heavy (non-hydrogen) atoms. The Morgan fingerprint density at radius 1 is 1.12 bits per heavy atom. The number of ether oxygens (including phenoxy) is 3. The van der Waals surface area contributed by atoms with Gasteiger partial charge in [-0.1, -0.05) is 43.3 Å². The molecule has 6 heteroatoms. The lowest BCUT2D eigenvalue weighted by Crippen LogP contribution is -2.15. The first-order valence-electron chi connectivity index (χ1n) is 11.2. The van der Waals surface area contributed by atoms with Crippen LogP contribution < -0.4 is 9.47 Å². The number of aliphatic carboxylic acids is 1. The lowest BCUT2D eigenvalue weighted by atomic mass is 9.94. The van der Waals surface area contributed by atoms with Crippen molar-refractivity contribution >= 4 is 16.9 Å². The Morgan fingerprint density at radius 3 is 2.76 bits per heavy atom. The quantitative estimate of drug-likeness (QED) is 0.410. The summed E-state index contributed by atoms with van der Waals surface area (Å²) < 4.78 is 17.9. The van der Waals surface area contributed by atoms with Crippen molar-refractivity contribution in [2.75, 3.05) is 13.7 Å². The van der Waals surface area contributed by atoms with E-state index >= 15 is 0 Å². The van der Waals surface area contributed by atoms with Crippen molar-refractivity contribution in [1.82, 2.24) is 4.98 Å². The Morgan fingerprint density at radius 2 is 1.97 bits per heavy atom. The van der Waals surface area contributed by atoms with Gasteiger partial charge in [-0.15, -0.1) is 0 Å². The van der Waals surface area contributed by atoms with Gasteiger partial charge in [0.1, 0.15) is 30.8 Å². The van der Waals surface area contributed by atoms with E-state index in [1.165, 1.54) is 5.56 Å². The molecule has 1 aromatic heterocycles. The summed E-state index contributed by atoms with van der Waals surface area (Å²) in [4.78, 5) is 16.3. The van der Waals surface area contributed by atoms with Crippen molar-refractivity contribution in [3.8, 4) is 22.8 Å². The summed E-state index contributed by atoms with van der Waals surface area (Å²) in [6.07, 6.45) is 0.308. The zero-order valence-corrected chi connectivity index (χ0v) is 19.1. The monoisotopic (exact) mass is 455 g/mol. The maximum atomic E-state index is 11.4. The number of carboxylic acids is 1. The number of hydrogen-bond donors (Lipinski definition) is 1. The number of pyridine rings is 1. The van der Waals surface area contributed by atoms with Gasteiger partial charge in [0.25, 0.3) is 0 Å².